The largest absolute Gasteiger partial charge is 0.376 e. The molecule has 1 saturated carbocycles. The van der Waals surface area contributed by atoms with E-state index in [1.54, 1.807) is 48.2 Å². The number of aromatic nitrogens is 1. The van der Waals surface area contributed by atoms with Gasteiger partial charge < -0.3 is 29.9 Å². The number of anilines is 2. The average molecular weight is 997 g/mol. The summed E-state index contributed by atoms with van der Waals surface area (Å²) in [5.74, 6) is 6.61. The van der Waals surface area contributed by atoms with Gasteiger partial charge in [-0.1, -0.05) is 42.2 Å². The first-order valence-electron chi connectivity index (χ1n) is 24.0. The summed E-state index contributed by atoms with van der Waals surface area (Å²) in [5, 5.41) is 18.9. The van der Waals surface area contributed by atoms with E-state index in [0.717, 1.165) is 97.6 Å². The Labute approximate surface area is 421 Å². The summed E-state index contributed by atoms with van der Waals surface area (Å²) in [5.41, 5.74) is 6.23. The number of carbonyl (C=O) groups excluding carboxylic acids is 1. The monoisotopic (exact) mass is 996 g/mol. The smallest absolute Gasteiger partial charge is 0.293 e. The number of thioether (sulfide) groups is 1. The van der Waals surface area contributed by atoms with E-state index >= 15 is 0 Å². The topological polar surface area (TPSA) is 145 Å². The van der Waals surface area contributed by atoms with Crippen molar-refractivity contribution in [2.75, 3.05) is 82.7 Å². The number of amides is 1. The molecule has 1 saturated heterocycles. The van der Waals surface area contributed by atoms with Gasteiger partial charge in [-0.2, -0.15) is 0 Å². The minimum Gasteiger partial charge on any atom is -0.376 e. The van der Waals surface area contributed by atoms with Gasteiger partial charge in [-0.3, -0.25) is 19.6 Å². The third-order valence-electron chi connectivity index (χ3n) is 12.8. The van der Waals surface area contributed by atoms with Crippen LogP contribution in [-0.2, 0) is 10.0 Å². The van der Waals surface area contributed by atoms with E-state index in [4.69, 9.17) is 0 Å². The Morgan fingerprint density at radius 1 is 0.887 bits per heavy atom. The number of benzene rings is 5. The highest BCUT2D eigenvalue weighted by Gasteiger charge is 2.34. The molecule has 1 atom stereocenters. The van der Waals surface area contributed by atoms with Crippen LogP contribution < -0.4 is 15.4 Å². The molecule has 370 valence electrons. The Morgan fingerprint density at radius 3 is 2.30 bits per heavy atom. The number of nitro benzene ring substituents is 1. The molecule has 0 spiro atoms. The summed E-state index contributed by atoms with van der Waals surface area (Å²) in [7, 11) is 1.86. The van der Waals surface area contributed by atoms with Crippen molar-refractivity contribution < 1.29 is 22.5 Å². The molecule has 1 aliphatic carbocycles. The normalized spacial score (nSPS) is 14.7. The van der Waals surface area contributed by atoms with Gasteiger partial charge >= 0.3 is 0 Å². The van der Waals surface area contributed by atoms with E-state index in [1.165, 1.54) is 24.3 Å². The lowest BCUT2D eigenvalue weighted by molar-refractivity contribution is -0.384. The van der Waals surface area contributed by atoms with Gasteiger partial charge in [-0.05, 0) is 163 Å². The van der Waals surface area contributed by atoms with E-state index in [2.05, 4.69) is 53.5 Å². The summed E-state index contributed by atoms with van der Waals surface area (Å²) in [4.78, 5) is 33.7. The molecule has 16 heteroatoms. The van der Waals surface area contributed by atoms with Crippen LogP contribution in [0.3, 0.4) is 0 Å². The van der Waals surface area contributed by atoms with Gasteiger partial charge in [0.2, 0.25) is 0 Å². The van der Waals surface area contributed by atoms with Crippen molar-refractivity contribution >= 4 is 44.8 Å². The van der Waals surface area contributed by atoms with Crippen LogP contribution in [0.5, 0.6) is 0 Å². The predicted molar refractivity (Wildman–Crippen MR) is 283 cm³/mol. The van der Waals surface area contributed by atoms with E-state index in [9.17, 15) is 27.7 Å². The zero-order valence-electron chi connectivity index (χ0n) is 40.7. The summed E-state index contributed by atoms with van der Waals surface area (Å²) in [6.07, 6.45) is 3.52. The van der Waals surface area contributed by atoms with Crippen molar-refractivity contribution in [1.82, 2.24) is 24.6 Å². The van der Waals surface area contributed by atoms with Gasteiger partial charge in [0.15, 0.2) is 0 Å². The minimum absolute atomic E-state index is 0.129. The highest BCUT2D eigenvalue weighted by atomic mass is 32.2. The Balaban J connectivity index is 0.991. The first kappa shape index (κ1) is 50.9. The van der Waals surface area contributed by atoms with E-state index < -0.39 is 14.9 Å². The van der Waals surface area contributed by atoms with Crippen LogP contribution in [0.4, 0.5) is 21.5 Å². The van der Waals surface area contributed by atoms with Crippen LogP contribution in [0, 0.1) is 34.7 Å². The zero-order chi connectivity index (χ0) is 50.1. The second-order valence-electron chi connectivity index (χ2n) is 18.6. The van der Waals surface area contributed by atoms with Gasteiger partial charge in [0.1, 0.15) is 11.5 Å². The van der Waals surface area contributed by atoms with Gasteiger partial charge in [-0.15, -0.1) is 11.8 Å². The minimum atomic E-state index is -4.21. The zero-order valence-corrected chi connectivity index (χ0v) is 42.3. The van der Waals surface area contributed by atoms with E-state index in [0.29, 0.717) is 35.4 Å². The van der Waals surface area contributed by atoms with Crippen LogP contribution in [0.2, 0.25) is 0 Å². The van der Waals surface area contributed by atoms with Crippen molar-refractivity contribution in [3.05, 3.63) is 160 Å². The number of likely N-dealkylation sites (N-methyl/N-ethyl adjacent to an activating group) is 1. The predicted octanol–water partition coefficient (Wildman–Crippen LogP) is 9.61. The molecule has 71 heavy (non-hydrogen) atoms. The number of halogens is 1. The number of piperazine rings is 1. The highest BCUT2D eigenvalue weighted by Crippen LogP contribution is 2.47. The van der Waals surface area contributed by atoms with Crippen LogP contribution in [0.25, 0.3) is 22.4 Å². The van der Waals surface area contributed by atoms with Crippen LogP contribution >= 0.6 is 11.8 Å². The second-order valence-corrected chi connectivity index (χ2v) is 21.3. The lowest BCUT2D eigenvalue weighted by atomic mass is 9.95. The molecule has 5 aromatic carbocycles. The lowest BCUT2D eigenvalue weighted by Crippen LogP contribution is -2.45. The summed E-state index contributed by atoms with van der Waals surface area (Å²) in [6, 6.07) is 34.7. The highest BCUT2D eigenvalue weighted by molar-refractivity contribution is 7.99. The summed E-state index contributed by atoms with van der Waals surface area (Å²) >= 11 is 1.65. The fourth-order valence-electron chi connectivity index (χ4n) is 8.84. The van der Waals surface area contributed by atoms with Crippen molar-refractivity contribution in [1.29, 1.82) is 0 Å². The van der Waals surface area contributed by atoms with Crippen molar-refractivity contribution in [3.63, 3.8) is 0 Å². The van der Waals surface area contributed by atoms with Gasteiger partial charge in [0.25, 0.3) is 21.6 Å². The first-order valence-corrected chi connectivity index (χ1v) is 26.5. The molecule has 6 aromatic rings. The van der Waals surface area contributed by atoms with Crippen molar-refractivity contribution in [3.8, 4) is 34.2 Å². The Bertz CT molecular complexity index is 3000. The number of nitro groups is 1. The molecular weight excluding hydrogens is 936 g/mol. The molecule has 0 unspecified atom stereocenters. The Morgan fingerprint density at radius 2 is 1.61 bits per heavy atom. The third-order valence-corrected chi connectivity index (χ3v) is 15.4. The molecule has 0 bridgehead atoms. The molecule has 2 fully saturated rings. The standard InChI is InChI=1S/C55H61FN8O5S2/c1-39-52(55(65)57-29-9-30-62-34-32-61(4)33-35-62)53(54(63(39)47-24-25-47)42-18-20-44(56)21-19-42)43-11-8-10-41(36-43)15-14-40-16-22-45(23-17-40)59-71(68,69)49-26-27-50(51(37-49)64(66)67)58-46(28-31-60(2)3)38-70-48-12-6-5-7-13-48/h5-8,10-13,16-23,26-27,36-37,46-47,58-59H,9,24-25,28-35,38H2,1-4H3,(H,57,65)/t46-/m1/s1. The maximum absolute atomic E-state index is 14.3. The summed E-state index contributed by atoms with van der Waals surface area (Å²) < 4.78 is 46.4. The summed E-state index contributed by atoms with van der Waals surface area (Å²) in [6.45, 7) is 8.32. The molecule has 2 aliphatic rings. The molecule has 8 rings (SSSR count). The Kier molecular flexibility index (Phi) is 16.6. The molecule has 1 aromatic heterocycles. The van der Waals surface area contributed by atoms with Crippen molar-refractivity contribution in [2.24, 2.45) is 0 Å². The number of rotatable bonds is 20. The quantitative estimate of drug-likeness (QED) is 0.0222. The molecule has 3 N–H and O–H groups in total. The number of carbonyl (C=O) groups is 1. The molecule has 13 nitrogen and oxygen atoms in total. The van der Waals surface area contributed by atoms with Gasteiger partial charge in [0, 0.05) is 89.6 Å². The number of nitrogens with zero attached hydrogens (tertiary/aromatic N) is 5. The van der Waals surface area contributed by atoms with E-state index in [1.807, 2.05) is 75.6 Å². The van der Waals surface area contributed by atoms with E-state index in [-0.39, 0.29) is 45.8 Å². The fraction of sp³-hybridized carbons (Fsp3) is 0.327. The maximum atomic E-state index is 14.3. The van der Waals surface area contributed by atoms with Gasteiger partial charge in [0.05, 0.1) is 21.1 Å². The molecular formula is C55H61FN8O5S2. The first-order chi connectivity index (χ1) is 34.2. The second kappa shape index (κ2) is 23.2. The third kappa shape index (κ3) is 13.3. The number of nitrogens with one attached hydrogen (secondary N) is 3. The molecule has 1 amide bonds. The molecule has 1 aliphatic heterocycles. The van der Waals surface area contributed by atoms with Crippen LogP contribution in [0.15, 0.2) is 131 Å². The molecule has 2 heterocycles. The average Bonchev–Trinajstić information content (AvgIpc) is 4.16. The van der Waals surface area contributed by atoms with Crippen LogP contribution in [0.1, 0.15) is 58.9 Å². The fourth-order valence-corrected chi connectivity index (χ4v) is 10.9. The number of hydrogen-bond donors (Lipinski definition) is 3. The van der Waals surface area contributed by atoms with Crippen molar-refractivity contribution in [2.45, 2.75) is 54.5 Å². The number of sulfonamides is 1. The Hall–Kier alpha value is -6.48. The SMILES string of the molecule is Cc1c(C(=O)NCCCN2CCN(C)CC2)c(-c2cccc(C#Cc3ccc(NS(=O)(=O)c4ccc(N[C@H](CCN(C)C)CSc5ccccc5)c([N+](=O)[O-])c4)cc3)c2)c(-c2ccc(F)cc2)n1C1CC1. The lowest BCUT2D eigenvalue weighted by Gasteiger charge is -2.32. The van der Waals surface area contributed by atoms with Gasteiger partial charge in [-0.25, -0.2) is 12.8 Å². The molecule has 0 radical (unpaired) electrons. The maximum Gasteiger partial charge on any atom is 0.293 e. The number of hydrogen-bond acceptors (Lipinski definition) is 10. The van der Waals surface area contributed by atoms with Crippen LogP contribution in [-0.4, -0.2) is 117 Å².